The molecule has 1 aliphatic carbocycles. The summed E-state index contributed by atoms with van der Waals surface area (Å²) >= 11 is 1.97. The van der Waals surface area contributed by atoms with Gasteiger partial charge in [-0.1, -0.05) is 85.7 Å². The van der Waals surface area contributed by atoms with E-state index in [4.69, 9.17) is 0 Å². The predicted octanol–water partition coefficient (Wildman–Crippen LogP) is 9.88. The summed E-state index contributed by atoms with van der Waals surface area (Å²) in [6.45, 7) is 18.8. The van der Waals surface area contributed by atoms with Gasteiger partial charge in [-0.25, -0.2) is 0 Å². The minimum absolute atomic E-state index is 0.114. The molecule has 0 N–H and O–H groups in total. The lowest BCUT2D eigenvalue weighted by molar-refractivity contribution is 0.481. The average Bonchev–Trinajstić information content (AvgIpc) is 3.40. The normalized spacial score (nSPS) is 15.0. The Morgan fingerprint density at radius 2 is 1.28 bits per heavy atom. The number of rotatable bonds is 7. The lowest BCUT2D eigenvalue weighted by Gasteiger charge is -2.32. The molecule has 4 rings (SSSR count). The molecule has 32 heavy (non-hydrogen) atoms. The Balaban J connectivity index is 1.85. The molecule has 1 aliphatic rings. The zero-order valence-electron chi connectivity index (χ0n) is 21.4. The number of thiophene rings is 1. The SMILES string of the molecule is CCC(C)(C)c1ccc2c(c1)C(CC)(CC)c1cc(-c3ccc(C(C)(C)CC)s3)ccc1-2. The first kappa shape index (κ1) is 23.3. The molecule has 0 radical (unpaired) electrons. The third-order valence-electron chi connectivity index (χ3n) is 8.67. The van der Waals surface area contributed by atoms with E-state index < -0.39 is 0 Å². The Bertz CT molecular complexity index is 1120. The second-order valence-corrected chi connectivity index (χ2v) is 12.0. The molecule has 0 amide bonds. The Morgan fingerprint density at radius 1 is 0.688 bits per heavy atom. The van der Waals surface area contributed by atoms with E-state index in [2.05, 4.69) is 104 Å². The van der Waals surface area contributed by atoms with Crippen molar-refractivity contribution in [2.75, 3.05) is 0 Å². The van der Waals surface area contributed by atoms with Crippen LogP contribution >= 0.6 is 11.3 Å². The molecule has 0 aliphatic heterocycles. The fraction of sp³-hybridized carbons (Fsp3) is 0.484. The van der Waals surface area contributed by atoms with Crippen LogP contribution in [0.5, 0.6) is 0 Å². The van der Waals surface area contributed by atoms with E-state index in [-0.39, 0.29) is 16.2 Å². The molecule has 0 atom stereocenters. The number of hydrogen-bond donors (Lipinski definition) is 0. The summed E-state index contributed by atoms with van der Waals surface area (Å²) in [6.07, 6.45) is 4.60. The third-order valence-corrected chi connectivity index (χ3v) is 10.2. The fourth-order valence-corrected chi connectivity index (χ4v) is 6.49. The minimum Gasteiger partial charge on any atom is -0.140 e. The van der Waals surface area contributed by atoms with E-state index >= 15 is 0 Å². The molecule has 1 aromatic heterocycles. The van der Waals surface area contributed by atoms with Crippen molar-refractivity contribution in [2.24, 2.45) is 0 Å². The summed E-state index contributed by atoms with van der Waals surface area (Å²) < 4.78 is 0. The number of fused-ring (bicyclic) bond motifs is 3. The maximum atomic E-state index is 2.54. The van der Waals surface area contributed by atoms with Gasteiger partial charge in [-0.2, -0.15) is 0 Å². The van der Waals surface area contributed by atoms with Crippen LogP contribution in [0.1, 0.15) is 103 Å². The van der Waals surface area contributed by atoms with Crippen LogP contribution in [0.15, 0.2) is 48.5 Å². The van der Waals surface area contributed by atoms with Crippen molar-refractivity contribution in [3.8, 4) is 21.6 Å². The summed E-state index contributed by atoms with van der Waals surface area (Å²) in [7, 11) is 0. The van der Waals surface area contributed by atoms with Crippen LogP contribution < -0.4 is 0 Å². The quantitative estimate of drug-likeness (QED) is 0.340. The van der Waals surface area contributed by atoms with Crippen LogP contribution in [0.4, 0.5) is 0 Å². The van der Waals surface area contributed by atoms with Crippen LogP contribution in [0.2, 0.25) is 0 Å². The standard InChI is InChI=1S/C31H40S/c1-9-29(5,6)22-14-16-24-23-15-13-21(27-17-18-28(32-27)30(7,8)10-2)19-25(23)31(11-3,12-4)26(24)20-22/h13-20H,9-12H2,1-8H3. The topological polar surface area (TPSA) is 0 Å². The maximum Gasteiger partial charge on any atom is 0.0345 e. The van der Waals surface area contributed by atoms with Crippen molar-refractivity contribution in [2.45, 2.75) is 97.3 Å². The second-order valence-electron chi connectivity index (χ2n) is 10.9. The van der Waals surface area contributed by atoms with Crippen LogP contribution in [-0.2, 0) is 16.2 Å². The van der Waals surface area contributed by atoms with Crippen molar-refractivity contribution in [1.82, 2.24) is 0 Å². The van der Waals surface area contributed by atoms with Gasteiger partial charge in [-0.3, -0.25) is 0 Å². The van der Waals surface area contributed by atoms with Crippen LogP contribution in [0.3, 0.4) is 0 Å². The molecule has 0 fully saturated rings. The first-order valence-corrected chi connectivity index (χ1v) is 13.4. The van der Waals surface area contributed by atoms with Gasteiger partial charge in [0.1, 0.15) is 0 Å². The van der Waals surface area contributed by atoms with Crippen molar-refractivity contribution in [3.63, 3.8) is 0 Å². The minimum atomic E-state index is 0.114. The van der Waals surface area contributed by atoms with Crippen molar-refractivity contribution < 1.29 is 0 Å². The van der Waals surface area contributed by atoms with Crippen LogP contribution in [-0.4, -0.2) is 0 Å². The van der Waals surface area contributed by atoms with Crippen LogP contribution in [0, 0.1) is 0 Å². The molecule has 0 saturated heterocycles. The predicted molar refractivity (Wildman–Crippen MR) is 143 cm³/mol. The highest BCUT2D eigenvalue weighted by molar-refractivity contribution is 7.15. The van der Waals surface area contributed by atoms with Gasteiger partial charge < -0.3 is 0 Å². The lowest BCUT2D eigenvalue weighted by Crippen LogP contribution is -2.24. The van der Waals surface area contributed by atoms with Gasteiger partial charge in [-0.05, 0) is 88.1 Å². The molecular formula is C31H40S. The Hall–Kier alpha value is -1.86. The molecule has 0 bridgehead atoms. The molecule has 0 nitrogen and oxygen atoms in total. The van der Waals surface area contributed by atoms with Gasteiger partial charge in [0, 0.05) is 15.2 Å². The highest BCUT2D eigenvalue weighted by Crippen LogP contribution is 2.54. The van der Waals surface area contributed by atoms with Gasteiger partial charge >= 0.3 is 0 Å². The molecule has 0 saturated carbocycles. The molecule has 0 spiro atoms. The monoisotopic (exact) mass is 444 g/mol. The van der Waals surface area contributed by atoms with E-state index in [0.717, 1.165) is 25.7 Å². The van der Waals surface area contributed by atoms with Crippen molar-refractivity contribution in [3.05, 3.63) is 70.1 Å². The number of benzene rings is 2. The Kier molecular flexibility index (Phi) is 5.95. The smallest absolute Gasteiger partial charge is 0.0345 e. The Morgan fingerprint density at radius 3 is 1.88 bits per heavy atom. The summed E-state index contributed by atoms with van der Waals surface area (Å²) in [5, 5.41) is 0. The van der Waals surface area contributed by atoms with E-state index in [0.29, 0.717) is 0 Å². The molecule has 3 aromatic rings. The second kappa shape index (κ2) is 8.17. The average molecular weight is 445 g/mol. The first-order chi connectivity index (χ1) is 15.1. The van der Waals surface area contributed by atoms with Crippen LogP contribution in [0.25, 0.3) is 21.6 Å². The third kappa shape index (κ3) is 3.48. The summed E-state index contributed by atoms with van der Waals surface area (Å²) in [5.41, 5.74) is 9.39. The van der Waals surface area contributed by atoms with Gasteiger partial charge in [0.15, 0.2) is 0 Å². The lowest BCUT2D eigenvalue weighted by atomic mass is 9.72. The summed E-state index contributed by atoms with van der Waals surface area (Å²) in [4.78, 5) is 2.89. The van der Waals surface area contributed by atoms with E-state index in [1.54, 1.807) is 5.56 Å². The molecule has 1 heterocycles. The number of hydrogen-bond acceptors (Lipinski definition) is 1. The molecule has 2 aromatic carbocycles. The van der Waals surface area contributed by atoms with Gasteiger partial charge in [-0.15, -0.1) is 11.3 Å². The van der Waals surface area contributed by atoms with Crippen molar-refractivity contribution in [1.29, 1.82) is 0 Å². The molecular weight excluding hydrogens is 404 g/mol. The zero-order valence-corrected chi connectivity index (χ0v) is 22.2. The van der Waals surface area contributed by atoms with Gasteiger partial charge in [0.25, 0.3) is 0 Å². The molecule has 0 unspecified atom stereocenters. The summed E-state index contributed by atoms with van der Waals surface area (Å²) in [5.74, 6) is 0. The van der Waals surface area contributed by atoms with Gasteiger partial charge in [0.05, 0.1) is 0 Å². The first-order valence-electron chi connectivity index (χ1n) is 12.5. The Labute approximate surface area is 200 Å². The highest BCUT2D eigenvalue weighted by atomic mass is 32.1. The van der Waals surface area contributed by atoms with Gasteiger partial charge in [0.2, 0.25) is 0 Å². The maximum absolute atomic E-state index is 2.54. The molecule has 1 heteroatoms. The summed E-state index contributed by atoms with van der Waals surface area (Å²) in [6, 6.07) is 19.3. The largest absolute Gasteiger partial charge is 0.140 e. The van der Waals surface area contributed by atoms with Crippen molar-refractivity contribution >= 4 is 11.3 Å². The fourth-order valence-electron chi connectivity index (χ4n) is 5.32. The highest BCUT2D eigenvalue weighted by Gasteiger charge is 2.41. The van der Waals surface area contributed by atoms with E-state index in [9.17, 15) is 0 Å². The zero-order chi connectivity index (χ0) is 23.3. The van der Waals surface area contributed by atoms with E-state index in [1.165, 1.54) is 37.6 Å². The molecule has 170 valence electrons. The van der Waals surface area contributed by atoms with E-state index in [1.807, 2.05) is 11.3 Å².